The van der Waals surface area contributed by atoms with Crippen LogP contribution >= 0.6 is 15.9 Å². The van der Waals surface area contributed by atoms with Crippen LogP contribution in [0.1, 0.15) is 11.1 Å². The summed E-state index contributed by atoms with van der Waals surface area (Å²) in [5.41, 5.74) is 0.699. The molecule has 138 valence electrons. The zero-order valence-electron chi connectivity index (χ0n) is 14.3. The minimum Gasteiger partial charge on any atom is -0.496 e. The van der Waals surface area contributed by atoms with Gasteiger partial charge in [0.2, 0.25) is 5.90 Å². The van der Waals surface area contributed by atoms with Crippen molar-refractivity contribution in [2.75, 3.05) is 14.2 Å². The fourth-order valence-electron chi connectivity index (χ4n) is 2.47. The monoisotopic (exact) mass is 432 g/mol. The zero-order valence-corrected chi connectivity index (χ0v) is 15.8. The number of aliphatic imine (C=N–C) groups is 1. The number of benzene rings is 2. The fourth-order valence-corrected chi connectivity index (χ4v) is 2.85. The van der Waals surface area contributed by atoms with Gasteiger partial charge in [0, 0.05) is 22.2 Å². The van der Waals surface area contributed by atoms with E-state index in [9.17, 15) is 14.9 Å². The van der Waals surface area contributed by atoms with Crippen molar-refractivity contribution in [3.8, 4) is 11.5 Å². The molecule has 0 unspecified atom stereocenters. The molecule has 1 aliphatic rings. The molecule has 1 aliphatic heterocycles. The molecule has 3 rings (SSSR count). The van der Waals surface area contributed by atoms with E-state index in [1.54, 1.807) is 18.2 Å². The number of hydrogen-bond acceptors (Lipinski definition) is 7. The van der Waals surface area contributed by atoms with Crippen molar-refractivity contribution in [1.82, 2.24) is 0 Å². The van der Waals surface area contributed by atoms with Crippen LogP contribution in [0.3, 0.4) is 0 Å². The minimum absolute atomic E-state index is 0.0370. The summed E-state index contributed by atoms with van der Waals surface area (Å²) in [6.07, 6.45) is 1.52. The first-order chi connectivity index (χ1) is 12.9. The number of nitro groups is 1. The van der Waals surface area contributed by atoms with Crippen molar-refractivity contribution >= 4 is 39.6 Å². The van der Waals surface area contributed by atoms with Gasteiger partial charge in [0.1, 0.15) is 11.5 Å². The summed E-state index contributed by atoms with van der Waals surface area (Å²) in [4.78, 5) is 26.9. The third kappa shape index (κ3) is 3.82. The maximum absolute atomic E-state index is 12.2. The summed E-state index contributed by atoms with van der Waals surface area (Å²) in [5.74, 6) is 0.102. The van der Waals surface area contributed by atoms with Gasteiger partial charge < -0.3 is 14.2 Å². The van der Waals surface area contributed by atoms with Gasteiger partial charge in [-0.2, -0.15) is 0 Å². The predicted octanol–water partition coefficient (Wildman–Crippen LogP) is 3.72. The zero-order chi connectivity index (χ0) is 19.6. The van der Waals surface area contributed by atoms with Gasteiger partial charge >= 0.3 is 5.97 Å². The van der Waals surface area contributed by atoms with E-state index < -0.39 is 10.9 Å². The van der Waals surface area contributed by atoms with E-state index in [0.29, 0.717) is 17.1 Å². The summed E-state index contributed by atoms with van der Waals surface area (Å²) in [7, 11) is 2.92. The summed E-state index contributed by atoms with van der Waals surface area (Å²) in [6, 6.07) is 9.27. The highest BCUT2D eigenvalue weighted by Gasteiger charge is 2.28. The molecule has 0 saturated heterocycles. The Hall–Kier alpha value is -3.20. The van der Waals surface area contributed by atoms with E-state index in [-0.39, 0.29) is 22.8 Å². The van der Waals surface area contributed by atoms with Gasteiger partial charge in [-0.3, -0.25) is 10.1 Å². The second-order valence-corrected chi connectivity index (χ2v) is 6.28. The molecular formula is C18H13BrN2O6. The summed E-state index contributed by atoms with van der Waals surface area (Å²) in [5, 5.41) is 11.0. The summed E-state index contributed by atoms with van der Waals surface area (Å²) >= 11 is 3.36. The van der Waals surface area contributed by atoms with Gasteiger partial charge in [-0.25, -0.2) is 9.79 Å². The van der Waals surface area contributed by atoms with E-state index in [0.717, 1.165) is 4.47 Å². The average Bonchev–Trinajstić information content (AvgIpc) is 3.01. The van der Waals surface area contributed by atoms with E-state index in [1.165, 1.54) is 38.5 Å². The van der Waals surface area contributed by atoms with Crippen LogP contribution in [0.5, 0.6) is 11.5 Å². The molecule has 0 radical (unpaired) electrons. The second kappa shape index (κ2) is 7.58. The number of cyclic esters (lactones) is 1. The Labute approximate surface area is 162 Å². The van der Waals surface area contributed by atoms with Crippen LogP contribution in [0.2, 0.25) is 0 Å². The molecule has 0 bridgehead atoms. The smallest absolute Gasteiger partial charge is 0.363 e. The highest BCUT2D eigenvalue weighted by atomic mass is 79.9. The van der Waals surface area contributed by atoms with Crippen molar-refractivity contribution in [1.29, 1.82) is 0 Å². The number of carbonyl (C=O) groups is 1. The van der Waals surface area contributed by atoms with Gasteiger partial charge in [0.05, 0.1) is 24.7 Å². The van der Waals surface area contributed by atoms with Crippen molar-refractivity contribution in [2.24, 2.45) is 4.99 Å². The number of methoxy groups -OCH3 is 2. The third-order valence-electron chi connectivity index (χ3n) is 3.73. The Morgan fingerprint density at radius 3 is 2.52 bits per heavy atom. The Kier molecular flexibility index (Phi) is 5.22. The number of non-ortho nitro benzene ring substituents is 1. The van der Waals surface area contributed by atoms with Crippen LogP contribution in [-0.2, 0) is 9.53 Å². The summed E-state index contributed by atoms with van der Waals surface area (Å²) < 4.78 is 16.5. The van der Waals surface area contributed by atoms with Crippen molar-refractivity contribution in [3.63, 3.8) is 0 Å². The van der Waals surface area contributed by atoms with Crippen LogP contribution in [0.25, 0.3) is 6.08 Å². The maximum Gasteiger partial charge on any atom is 0.363 e. The largest absolute Gasteiger partial charge is 0.496 e. The first kappa shape index (κ1) is 18.6. The van der Waals surface area contributed by atoms with Crippen LogP contribution in [0, 0.1) is 10.1 Å². The fraction of sp³-hybridized carbons (Fsp3) is 0.111. The topological polar surface area (TPSA) is 100 Å². The Balaban J connectivity index is 2.06. The van der Waals surface area contributed by atoms with Crippen LogP contribution < -0.4 is 9.47 Å². The molecule has 1 heterocycles. The van der Waals surface area contributed by atoms with Gasteiger partial charge in [0.15, 0.2) is 5.70 Å². The quantitative estimate of drug-likeness (QED) is 0.309. The molecule has 9 heteroatoms. The highest BCUT2D eigenvalue weighted by Crippen LogP contribution is 2.30. The molecule has 2 aromatic carbocycles. The van der Waals surface area contributed by atoms with E-state index in [2.05, 4.69) is 20.9 Å². The van der Waals surface area contributed by atoms with Crippen LogP contribution in [-0.4, -0.2) is 31.0 Å². The van der Waals surface area contributed by atoms with Crippen LogP contribution in [0.15, 0.2) is 51.6 Å². The van der Waals surface area contributed by atoms with E-state index in [4.69, 9.17) is 14.2 Å². The molecule has 8 nitrogen and oxygen atoms in total. The van der Waals surface area contributed by atoms with Crippen molar-refractivity contribution < 1.29 is 23.9 Å². The first-order valence-corrected chi connectivity index (χ1v) is 8.41. The molecule has 27 heavy (non-hydrogen) atoms. The van der Waals surface area contributed by atoms with E-state index >= 15 is 0 Å². The van der Waals surface area contributed by atoms with Gasteiger partial charge in [-0.1, -0.05) is 15.9 Å². The molecule has 0 spiro atoms. The lowest BCUT2D eigenvalue weighted by Gasteiger charge is -2.06. The number of carbonyl (C=O) groups excluding carboxylic acids is 1. The van der Waals surface area contributed by atoms with Gasteiger partial charge in [0.25, 0.3) is 5.69 Å². The molecule has 0 aliphatic carbocycles. The lowest BCUT2D eigenvalue weighted by atomic mass is 10.1. The molecule has 2 aromatic rings. The standard InChI is InChI=1S/C18H13BrN2O6/c1-25-15-5-3-11(19)7-10(15)8-14-18(22)27-17(20-14)13-9-12(21(23)24)4-6-16(13)26-2/h3-9H,1-2H3/b14-8+. The maximum atomic E-state index is 12.2. The molecule has 0 atom stereocenters. The Morgan fingerprint density at radius 1 is 1.15 bits per heavy atom. The van der Waals surface area contributed by atoms with Crippen molar-refractivity contribution in [3.05, 3.63) is 67.8 Å². The predicted molar refractivity (Wildman–Crippen MR) is 101 cm³/mol. The average molecular weight is 433 g/mol. The number of hydrogen-bond donors (Lipinski definition) is 0. The van der Waals surface area contributed by atoms with Gasteiger partial charge in [-0.05, 0) is 30.3 Å². The summed E-state index contributed by atoms with van der Waals surface area (Å²) in [6.45, 7) is 0. The number of rotatable bonds is 5. The van der Waals surface area contributed by atoms with Crippen LogP contribution in [0.4, 0.5) is 5.69 Å². The number of nitro benzene ring substituents is 1. The Bertz CT molecular complexity index is 999. The normalized spacial score (nSPS) is 14.7. The number of halogens is 1. The molecule has 0 fully saturated rings. The molecule has 0 N–H and O–H groups in total. The molecule has 0 saturated carbocycles. The lowest BCUT2D eigenvalue weighted by Crippen LogP contribution is -2.07. The third-order valence-corrected chi connectivity index (χ3v) is 4.22. The Morgan fingerprint density at radius 2 is 1.85 bits per heavy atom. The number of ether oxygens (including phenoxy) is 3. The van der Waals surface area contributed by atoms with E-state index in [1.807, 2.05) is 0 Å². The lowest BCUT2D eigenvalue weighted by molar-refractivity contribution is -0.384. The minimum atomic E-state index is -0.680. The van der Waals surface area contributed by atoms with Crippen molar-refractivity contribution in [2.45, 2.75) is 0 Å². The number of esters is 1. The van der Waals surface area contributed by atoms with Gasteiger partial charge in [-0.15, -0.1) is 0 Å². The number of nitrogens with zero attached hydrogens (tertiary/aromatic N) is 2. The highest BCUT2D eigenvalue weighted by molar-refractivity contribution is 9.10. The SMILES string of the molecule is COc1ccc(Br)cc1/C=C1/N=C(c2cc([N+](=O)[O-])ccc2OC)OC1=O. The molecule has 0 aromatic heterocycles. The molecule has 0 amide bonds. The molecular weight excluding hydrogens is 420 g/mol. The first-order valence-electron chi connectivity index (χ1n) is 7.62. The second-order valence-electron chi connectivity index (χ2n) is 5.36.